The first-order valence-electron chi connectivity index (χ1n) is 4.22. The Labute approximate surface area is 95.0 Å². The summed E-state index contributed by atoms with van der Waals surface area (Å²) in [5, 5.41) is 9.61. The lowest BCUT2D eigenvalue weighted by Gasteiger charge is -1.94. The monoisotopic (exact) mass is 243 g/mol. The number of halogens is 2. The largest absolute Gasteiger partial charge is 0.390 e. The number of aromatic nitrogens is 1. The molecule has 0 aliphatic carbocycles. The number of nitrogens with zero attached hydrogens (tertiary/aromatic N) is 1. The van der Waals surface area contributed by atoms with E-state index < -0.39 is 0 Å². The first kappa shape index (κ1) is 10.5. The van der Waals surface area contributed by atoms with E-state index in [0.29, 0.717) is 15.0 Å². The van der Waals surface area contributed by atoms with Gasteiger partial charge in [0, 0.05) is 5.56 Å². The van der Waals surface area contributed by atoms with E-state index in [4.69, 9.17) is 16.7 Å². The zero-order chi connectivity index (χ0) is 10.8. The topological polar surface area (TPSA) is 33.1 Å². The van der Waals surface area contributed by atoms with Crippen molar-refractivity contribution >= 4 is 22.9 Å². The average molecular weight is 244 g/mol. The van der Waals surface area contributed by atoms with E-state index in [2.05, 4.69) is 4.98 Å². The molecule has 1 N–H and O–H groups in total. The fraction of sp³-hybridized carbons (Fsp3) is 0.100. The zero-order valence-corrected chi connectivity index (χ0v) is 9.15. The molecule has 0 amide bonds. The maximum absolute atomic E-state index is 12.7. The molecule has 1 heterocycles. The summed E-state index contributed by atoms with van der Waals surface area (Å²) in [6.45, 7) is -0.184. The van der Waals surface area contributed by atoms with Gasteiger partial charge < -0.3 is 5.11 Å². The van der Waals surface area contributed by atoms with E-state index in [-0.39, 0.29) is 12.4 Å². The van der Waals surface area contributed by atoms with Gasteiger partial charge in [-0.05, 0) is 24.3 Å². The molecule has 0 saturated heterocycles. The SMILES string of the molecule is OCc1nc(-c2ccc(F)cc2)sc1Cl. The average Bonchev–Trinajstić information content (AvgIpc) is 2.61. The van der Waals surface area contributed by atoms with Gasteiger partial charge >= 0.3 is 0 Å². The maximum Gasteiger partial charge on any atom is 0.125 e. The Morgan fingerprint density at radius 1 is 1.33 bits per heavy atom. The lowest BCUT2D eigenvalue weighted by Crippen LogP contribution is -1.83. The molecule has 0 unspecified atom stereocenters. The summed E-state index contributed by atoms with van der Waals surface area (Å²) < 4.78 is 13.1. The molecule has 0 spiro atoms. The van der Waals surface area contributed by atoms with Crippen LogP contribution in [0, 0.1) is 5.82 Å². The van der Waals surface area contributed by atoms with Gasteiger partial charge in [0.1, 0.15) is 15.2 Å². The molecule has 0 bridgehead atoms. The standard InChI is InChI=1S/C10H7ClFNOS/c11-9-8(5-14)13-10(15-9)6-1-3-7(12)4-2-6/h1-4,14H,5H2. The Morgan fingerprint density at radius 3 is 2.53 bits per heavy atom. The highest BCUT2D eigenvalue weighted by atomic mass is 35.5. The van der Waals surface area contributed by atoms with E-state index >= 15 is 0 Å². The minimum absolute atomic E-state index is 0.184. The van der Waals surface area contributed by atoms with Gasteiger partial charge in [-0.3, -0.25) is 0 Å². The molecule has 2 aromatic rings. The summed E-state index contributed by atoms with van der Waals surface area (Å²) in [7, 11) is 0. The molecule has 1 aromatic carbocycles. The number of rotatable bonds is 2. The van der Waals surface area contributed by atoms with Crippen LogP contribution in [0.4, 0.5) is 4.39 Å². The molecule has 0 fully saturated rings. The van der Waals surface area contributed by atoms with E-state index in [9.17, 15) is 4.39 Å². The van der Waals surface area contributed by atoms with Crippen LogP contribution in [0.25, 0.3) is 10.6 Å². The summed E-state index contributed by atoms with van der Waals surface area (Å²) in [5.74, 6) is -0.288. The summed E-state index contributed by atoms with van der Waals surface area (Å²) in [6.07, 6.45) is 0. The van der Waals surface area contributed by atoms with E-state index in [1.807, 2.05) is 0 Å². The van der Waals surface area contributed by atoms with Crippen molar-refractivity contribution in [1.29, 1.82) is 0 Å². The quantitative estimate of drug-likeness (QED) is 0.879. The molecule has 0 atom stereocenters. The van der Waals surface area contributed by atoms with Gasteiger partial charge in [-0.1, -0.05) is 11.6 Å². The molecule has 5 heteroatoms. The minimum Gasteiger partial charge on any atom is -0.390 e. The summed E-state index contributed by atoms with van der Waals surface area (Å²) >= 11 is 7.12. The van der Waals surface area contributed by atoms with Crippen molar-refractivity contribution in [3.63, 3.8) is 0 Å². The van der Waals surface area contributed by atoms with Gasteiger partial charge in [0.25, 0.3) is 0 Å². The third kappa shape index (κ3) is 2.17. The molecule has 2 nitrogen and oxygen atoms in total. The smallest absolute Gasteiger partial charge is 0.125 e. The molecule has 0 aliphatic rings. The van der Waals surface area contributed by atoms with Crippen molar-refractivity contribution in [3.8, 4) is 10.6 Å². The van der Waals surface area contributed by atoms with Gasteiger partial charge in [-0.2, -0.15) is 0 Å². The van der Waals surface area contributed by atoms with Crippen LogP contribution in [0.1, 0.15) is 5.69 Å². The molecule has 78 valence electrons. The van der Waals surface area contributed by atoms with Crippen molar-refractivity contribution in [2.75, 3.05) is 0 Å². The summed E-state index contributed by atoms with van der Waals surface area (Å²) in [4.78, 5) is 4.14. The highest BCUT2D eigenvalue weighted by Gasteiger charge is 2.09. The van der Waals surface area contributed by atoms with Crippen LogP contribution >= 0.6 is 22.9 Å². The number of hydrogen-bond donors (Lipinski definition) is 1. The molecule has 1 aromatic heterocycles. The molecule has 2 rings (SSSR count). The zero-order valence-electron chi connectivity index (χ0n) is 7.58. The molecule has 0 radical (unpaired) electrons. The minimum atomic E-state index is -0.288. The predicted molar refractivity (Wildman–Crippen MR) is 58.4 cm³/mol. The lowest BCUT2D eigenvalue weighted by atomic mass is 10.2. The number of aliphatic hydroxyl groups is 1. The van der Waals surface area contributed by atoms with Crippen molar-refractivity contribution < 1.29 is 9.50 Å². The Bertz CT molecular complexity index is 469. The molecule has 0 saturated carbocycles. The van der Waals surface area contributed by atoms with Crippen molar-refractivity contribution in [3.05, 3.63) is 40.1 Å². The number of aliphatic hydroxyl groups excluding tert-OH is 1. The number of benzene rings is 1. The summed E-state index contributed by atoms with van der Waals surface area (Å²) in [6, 6.07) is 5.99. The third-order valence-electron chi connectivity index (χ3n) is 1.89. The second-order valence-electron chi connectivity index (χ2n) is 2.90. The lowest BCUT2D eigenvalue weighted by molar-refractivity contribution is 0.278. The van der Waals surface area contributed by atoms with E-state index in [1.54, 1.807) is 12.1 Å². The molecule has 15 heavy (non-hydrogen) atoms. The van der Waals surface area contributed by atoms with Crippen molar-refractivity contribution in [2.24, 2.45) is 0 Å². The Kier molecular flexibility index (Phi) is 3.00. The van der Waals surface area contributed by atoms with Crippen molar-refractivity contribution in [1.82, 2.24) is 4.98 Å². The van der Waals surface area contributed by atoms with Crippen LogP contribution in [0.15, 0.2) is 24.3 Å². The Hall–Kier alpha value is -0.970. The van der Waals surface area contributed by atoms with Crippen LogP contribution < -0.4 is 0 Å². The van der Waals surface area contributed by atoms with Gasteiger partial charge in [0.15, 0.2) is 0 Å². The highest BCUT2D eigenvalue weighted by Crippen LogP contribution is 2.31. The van der Waals surface area contributed by atoms with Crippen LogP contribution in [0.3, 0.4) is 0 Å². The van der Waals surface area contributed by atoms with Crippen LogP contribution in [0.2, 0.25) is 4.34 Å². The van der Waals surface area contributed by atoms with Crippen LogP contribution in [0.5, 0.6) is 0 Å². The van der Waals surface area contributed by atoms with Crippen LogP contribution in [-0.4, -0.2) is 10.1 Å². The number of thiazole rings is 1. The normalized spacial score (nSPS) is 10.6. The van der Waals surface area contributed by atoms with E-state index in [1.165, 1.54) is 23.5 Å². The fourth-order valence-electron chi connectivity index (χ4n) is 1.15. The van der Waals surface area contributed by atoms with Gasteiger partial charge in [0.05, 0.1) is 12.3 Å². The van der Waals surface area contributed by atoms with Gasteiger partial charge in [-0.15, -0.1) is 11.3 Å². The van der Waals surface area contributed by atoms with E-state index in [0.717, 1.165) is 5.56 Å². The Balaban J connectivity index is 2.41. The van der Waals surface area contributed by atoms with Crippen LogP contribution in [-0.2, 0) is 6.61 Å². The highest BCUT2D eigenvalue weighted by molar-refractivity contribution is 7.19. The fourth-order valence-corrected chi connectivity index (χ4v) is 2.28. The Morgan fingerprint density at radius 2 is 2.00 bits per heavy atom. The molecular formula is C10H7ClFNOS. The van der Waals surface area contributed by atoms with Crippen molar-refractivity contribution in [2.45, 2.75) is 6.61 Å². The first-order chi connectivity index (χ1) is 7.20. The first-order valence-corrected chi connectivity index (χ1v) is 5.42. The number of hydrogen-bond acceptors (Lipinski definition) is 3. The summed E-state index contributed by atoms with van der Waals surface area (Å²) in [5.41, 5.74) is 1.25. The third-order valence-corrected chi connectivity index (χ3v) is 3.28. The second kappa shape index (κ2) is 4.26. The molecule has 0 aliphatic heterocycles. The maximum atomic E-state index is 12.7. The second-order valence-corrected chi connectivity index (χ2v) is 4.51. The van der Waals surface area contributed by atoms with Gasteiger partial charge in [-0.25, -0.2) is 9.37 Å². The van der Waals surface area contributed by atoms with Gasteiger partial charge in [0.2, 0.25) is 0 Å². The predicted octanol–water partition coefficient (Wildman–Crippen LogP) is 3.09. The molecular weight excluding hydrogens is 237 g/mol.